The molecule has 4 aromatic rings. The van der Waals surface area contributed by atoms with Crippen molar-refractivity contribution in [3.05, 3.63) is 95.2 Å². The van der Waals surface area contributed by atoms with Gasteiger partial charge >= 0.3 is 5.97 Å². The fourth-order valence-corrected chi connectivity index (χ4v) is 4.08. The monoisotopic (exact) mass is 426 g/mol. The van der Waals surface area contributed by atoms with Crippen LogP contribution in [-0.2, 0) is 11.2 Å². The molecule has 0 fully saturated rings. The smallest absolute Gasteiger partial charge is 0.323 e. The van der Waals surface area contributed by atoms with Gasteiger partial charge in [-0.25, -0.2) is 0 Å². The zero-order valence-electron chi connectivity index (χ0n) is 18.3. The zero-order valence-corrected chi connectivity index (χ0v) is 18.3. The van der Waals surface area contributed by atoms with E-state index in [1.54, 1.807) is 0 Å². The number of carbonyl (C=O) groups excluding carboxylic acids is 1. The molecular weight excluding hydrogens is 400 g/mol. The summed E-state index contributed by atoms with van der Waals surface area (Å²) in [6.45, 7) is 3.99. The van der Waals surface area contributed by atoms with Gasteiger partial charge < -0.3 is 15.0 Å². The largest absolute Gasteiger partial charge is 0.480 e. The van der Waals surface area contributed by atoms with Crippen LogP contribution >= 0.6 is 0 Å². The molecule has 0 aliphatic carbocycles. The van der Waals surface area contributed by atoms with E-state index in [1.807, 2.05) is 74.5 Å². The summed E-state index contributed by atoms with van der Waals surface area (Å²) in [7, 11) is 0. The summed E-state index contributed by atoms with van der Waals surface area (Å²) in [5.41, 5.74) is 6.30. The Labute approximate surface area is 187 Å². The number of aromatic amines is 1. The number of nitrogens with one attached hydrogen (secondary N) is 1. The van der Waals surface area contributed by atoms with Gasteiger partial charge in [-0.05, 0) is 43.5 Å². The first-order chi connectivity index (χ1) is 15.4. The SMILES string of the molecule is Cc1cccc(CCN(CC(=O)O)C(=O)c2[nH]c3ccc(C)cc3c2-c2ccccc2)c1. The number of hydrogen-bond donors (Lipinski definition) is 2. The third-order valence-corrected chi connectivity index (χ3v) is 5.60. The minimum atomic E-state index is -1.03. The second-order valence-corrected chi connectivity index (χ2v) is 8.15. The lowest BCUT2D eigenvalue weighted by Crippen LogP contribution is -2.37. The summed E-state index contributed by atoms with van der Waals surface area (Å²) >= 11 is 0. The van der Waals surface area contributed by atoms with Gasteiger partial charge in [-0.15, -0.1) is 0 Å². The van der Waals surface area contributed by atoms with Gasteiger partial charge in [0, 0.05) is 23.0 Å². The zero-order chi connectivity index (χ0) is 22.7. The van der Waals surface area contributed by atoms with Crippen molar-refractivity contribution in [2.24, 2.45) is 0 Å². The number of aromatic nitrogens is 1. The van der Waals surface area contributed by atoms with Crippen LogP contribution in [0.3, 0.4) is 0 Å². The molecule has 32 heavy (non-hydrogen) atoms. The average Bonchev–Trinajstić information content (AvgIpc) is 3.15. The van der Waals surface area contributed by atoms with Crippen LogP contribution in [0, 0.1) is 13.8 Å². The number of rotatable bonds is 7. The molecule has 0 spiro atoms. The van der Waals surface area contributed by atoms with Crippen molar-refractivity contribution in [2.75, 3.05) is 13.1 Å². The maximum absolute atomic E-state index is 13.6. The first-order valence-corrected chi connectivity index (χ1v) is 10.7. The van der Waals surface area contributed by atoms with E-state index in [1.165, 1.54) is 4.90 Å². The number of carboxylic acid groups (broad SMARTS) is 1. The first-order valence-electron chi connectivity index (χ1n) is 10.7. The van der Waals surface area contributed by atoms with E-state index in [2.05, 4.69) is 17.1 Å². The van der Waals surface area contributed by atoms with Crippen molar-refractivity contribution >= 4 is 22.8 Å². The van der Waals surface area contributed by atoms with Crippen LogP contribution in [0.15, 0.2) is 72.8 Å². The highest BCUT2D eigenvalue weighted by Crippen LogP contribution is 2.33. The van der Waals surface area contributed by atoms with Crippen molar-refractivity contribution in [1.82, 2.24) is 9.88 Å². The molecule has 5 heteroatoms. The van der Waals surface area contributed by atoms with Crippen LogP contribution in [0.25, 0.3) is 22.0 Å². The van der Waals surface area contributed by atoms with E-state index >= 15 is 0 Å². The molecule has 0 aliphatic rings. The van der Waals surface area contributed by atoms with Crippen LogP contribution in [0.5, 0.6) is 0 Å². The molecular formula is C27H26N2O3. The average molecular weight is 427 g/mol. The number of nitrogens with zero attached hydrogens (tertiary/aromatic N) is 1. The predicted molar refractivity (Wildman–Crippen MR) is 127 cm³/mol. The number of H-pyrrole nitrogens is 1. The Kier molecular flexibility index (Phi) is 6.08. The summed E-state index contributed by atoms with van der Waals surface area (Å²) < 4.78 is 0. The Hall–Kier alpha value is -3.86. The molecule has 5 nitrogen and oxygen atoms in total. The normalized spacial score (nSPS) is 10.9. The quantitative estimate of drug-likeness (QED) is 0.425. The molecule has 0 saturated heterocycles. The molecule has 1 aromatic heterocycles. The minimum absolute atomic E-state index is 0.312. The van der Waals surface area contributed by atoms with Gasteiger partial charge in [-0.2, -0.15) is 0 Å². The van der Waals surface area contributed by atoms with Crippen molar-refractivity contribution in [2.45, 2.75) is 20.3 Å². The highest BCUT2D eigenvalue weighted by atomic mass is 16.4. The second-order valence-electron chi connectivity index (χ2n) is 8.15. The van der Waals surface area contributed by atoms with E-state index in [0.29, 0.717) is 18.7 Å². The second kappa shape index (κ2) is 9.10. The van der Waals surface area contributed by atoms with Crippen molar-refractivity contribution in [1.29, 1.82) is 0 Å². The molecule has 1 amide bonds. The summed E-state index contributed by atoms with van der Waals surface area (Å²) in [6.07, 6.45) is 0.584. The lowest BCUT2D eigenvalue weighted by atomic mass is 10.00. The predicted octanol–water partition coefficient (Wildman–Crippen LogP) is 5.22. The van der Waals surface area contributed by atoms with E-state index in [0.717, 1.165) is 38.7 Å². The highest BCUT2D eigenvalue weighted by molar-refractivity contribution is 6.10. The summed E-state index contributed by atoms with van der Waals surface area (Å²) in [6, 6.07) is 23.8. The van der Waals surface area contributed by atoms with Crippen LogP contribution in [0.4, 0.5) is 0 Å². The molecule has 2 N–H and O–H groups in total. The van der Waals surface area contributed by atoms with Gasteiger partial charge in [-0.3, -0.25) is 9.59 Å². The van der Waals surface area contributed by atoms with Crippen LogP contribution in [-0.4, -0.2) is 40.0 Å². The van der Waals surface area contributed by atoms with Gasteiger partial charge in [0.1, 0.15) is 12.2 Å². The van der Waals surface area contributed by atoms with E-state index < -0.39 is 5.97 Å². The maximum Gasteiger partial charge on any atom is 0.323 e. The van der Waals surface area contributed by atoms with Crippen molar-refractivity contribution in [3.8, 4) is 11.1 Å². The highest BCUT2D eigenvalue weighted by Gasteiger charge is 2.25. The Morgan fingerprint density at radius 2 is 1.66 bits per heavy atom. The molecule has 0 radical (unpaired) electrons. The van der Waals surface area contributed by atoms with Crippen LogP contribution in [0.2, 0.25) is 0 Å². The van der Waals surface area contributed by atoms with Crippen LogP contribution < -0.4 is 0 Å². The van der Waals surface area contributed by atoms with Gasteiger partial charge in [0.2, 0.25) is 0 Å². The standard InChI is InChI=1S/C27H26N2O3/c1-18-7-6-8-20(15-18)13-14-29(17-24(30)31)27(32)26-25(21-9-4-3-5-10-21)22-16-19(2)11-12-23(22)28-26/h3-12,15-16,28H,13-14,17H2,1-2H3,(H,30,31). The van der Waals surface area contributed by atoms with E-state index in [-0.39, 0.29) is 12.5 Å². The number of carbonyl (C=O) groups is 2. The number of amides is 1. The van der Waals surface area contributed by atoms with Crippen molar-refractivity contribution in [3.63, 3.8) is 0 Å². The summed E-state index contributed by atoms with van der Waals surface area (Å²) in [4.78, 5) is 29.9. The molecule has 4 rings (SSSR count). The molecule has 162 valence electrons. The number of aliphatic carboxylic acids is 1. The molecule has 0 saturated carbocycles. The topological polar surface area (TPSA) is 73.4 Å². The number of hydrogen-bond acceptors (Lipinski definition) is 2. The Morgan fingerprint density at radius 1 is 0.906 bits per heavy atom. The molecule has 0 aliphatic heterocycles. The number of aryl methyl sites for hydroxylation is 2. The van der Waals surface area contributed by atoms with Gasteiger partial charge in [-0.1, -0.05) is 71.8 Å². The molecule has 0 bridgehead atoms. The van der Waals surface area contributed by atoms with Crippen LogP contribution in [0.1, 0.15) is 27.2 Å². The Balaban J connectivity index is 1.74. The minimum Gasteiger partial charge on any atom is -0.480 e. The number of benzene rings is 3. The molecule has 1 heterocycles. The molecule has 0 atom stereocenters. The van der Waals surface area contributed by atoms with Gasteiger partial charge in [0.15, 0.2) is 0 Å². The fourth-order valence-electron chi connectivity index (χ4n) is 4.08. The Morgan fingerprint density at radius 3 is 2.38 bits per heavy atom. The fraction of sp³-hybridized carbons (Fsp3) is 0.185. The van der Waals surface area contributed by atoms with Gasteiger partial charge in [0.05, 0.1) is 0 Å². The Bertz CT molecular complexity index is 1270. The van der Waals surface area contributed by atoms with E-state index in [4.69, 9.17) is 0 Å². The van der Waals surface area contributed by atoms with Crippen molar-refractivity contribution < 1.29 is 14.7 Å². The third kappa shape index (κ3) is 4.57. The lowest BCUT2D eigenvalue weighted by molar-refractivity contribution is -0.137. The maximum atomic E-state index is 13.6. The summed E-state index contributed by atoms with van der Waals surface area (Å²) in [5.74, 6) is -1.34. The number of carboxylic acids is 1. The third-order valence-electron chi connectivity index (χ3n) is 5.60. The van der Waals surface area contributed by atoms with E-state index in [9.17, 15) is 14.7 Å². The summed E-state index contributed by atoms with van der Waals surface area (Å²) in [5, 5.41) is 10.4. The number of fused-ring (bicyclic) bond motifs is 1. The molecule has 3 aromatic carbocycles. The lowest BCUT2D eigenvalue weighted by Gasteiger charge is -2.21. The van der Waals surface area contributed by atoms with Gasteiger partial charge in [0.25, 0.3) is 5.91 Å². The molecule has 0 unspecified atom stereocenters. The first kappa shape index (κ1) is 21.4.